The van der Waals surface area contributed by atoms with E-state index in [0.717, 1.165) is 4.57 Å². The maximum Gasteiger partial charge on any atom is 0.331 e. The van der Waals surface area contributed by atoms with Gasteiger partial charge in [0.25, 0.3) is 5.56 Å². The number of nitrogens with two attached hydrogens (primary N) is 1. The Kier molecular flexibility index (Phi) is 3.71. The van der Waals surface area contributed by atoms with Crippen LogP contribution in [0.2, 0.25) is 0 Å². The van der Waals surface area contributed by atoms with E-state index >= 15 is 0 Å². The minimum atomic E-state index is -0.535. The third-order valence-electron chi connectivity index (χ3n) is 3.07. The maximum absolute atomic E-state index is 12.2. The summed E-state index contributed by atoms with van der Waals surface area (Å²) in [6.07, 6.45) is 1.34. The van der Waals surface area contributed by atoms with E-state index in [1.54, 1.807) is 31.2 Å². The quantitative estimate of drug-likeness (QED) is 0.880. The first-order valence-electron chi connectivity index (χ1n) is 6.16. The first kappa shape index (κ1) is 13.6. The van der Waals surface area contributed by atoms with Gasteiger partial charge < -0.3 is 5.73 Å². The van der Waals surface area contributed by atoms with E-state index in [1.165, 1.54) is 10.8 Å². The summed E-state index contributed by atoms with van der Waals surface area (Å²) in [4.78, 5) is 24.2. The molecule has 0 aliphatic heterocycles. The van der Waals surface area contributed by atoms with Crippen LogP contribution in [0.15, 0.2) is 40.1 Å². The Morgan fingerprint density at radius 3 is 2.65 bits per heavy atom. The van der Waals surface area contributed by atoms with Crippen molar-refractivity contribution < 1.29 is 0 Å². The van der Waals surface area contributed by atoms with Gasteiger partial charge in [-0.2, -0.15) is 5.26 Å². The standard InChI is InChI=1S/C14H14N4O2/c1-2-17-9-12(16)13(19)18(14(17)20)8-11-6-4-3-5-10(11)7-15/h3-6,9H,2,8,16H2,1H3. The molecule has 0 bridgehead atoms. The summed E-state index contributed by atoms with van der Waals surface area (Å²) in [6, 6.07) is 8.89. The minimum Gasteiger partial charge on any atom is -0.393 e. The highest BCUT2D eigenvalue weighted by Gasteiger charge is 2.10. The predicted molar refractivity (Wildman–Crippen MR) is 75.3 cm³/mol. The molecule has 1 heterocycles. The van der Waals surface area contributed by atoms with E-state index < -0.39 is 11.2 Å². The van der Waals surface area contributed by atoms with Gasteiger partial charge in [-0.15, -0.1) is 0 Å². The zero-order chi connectivity index (χ0) is 14.7. The Labute approximate surface area is 115 Å². The fourth-order valence-corrected chi connectivity index (χ4v) is 1.98. The SMILES string of the molecule is CCn1cc(N)c(=O)n(Cc2ccccc2C#N)c1=O. The van der Waals surface area contributed by atoms with Gasteiger partial charge in [0.05, 0.1) is 18.2 Å². The Hall–Kier alpha value is -2.81. The van der Waals surface area contributed by atoms with Crippen LogP contribution in [0.1, 0.15) is 18.1 Å². The van der Waals surface area contributed by atoms with Crippen molar-refractivity contribution in [2.45, 2.75) is 20.0 Å². The topological polar surface area (TPSA) is 93.8 Å². The Bertz CT molecular complexity index is 796. The van der Waals surface area contributed by atoms with Gasteiger partial charge in [-0.05, 0) is 18.6 Å². The molecular weight excluding hydrogens is 256 g/mol. The van der Waals surface area contributed by atoms with E-state index in [0.29, 0.717) is 17.7 Å². The van der Waals surface area contributed by atoms with Gasteiger partial charge in [-0.1, -0.05) is 18.2 Å². The summed E-state index contributed by atoms with van der Waals surface area (Å²) in [7, 11) is 0. The Morgan fingerprint density at radius 2 is 2.00 bits per heavy atom. The second-order valence-electron chi connectivity index (χ2n) is 4.31. The van der Waals surface area contributed by atoms with Crippen LogP contribution in [-0.2, 0) is 13.1 Å². The molecule has 0 saturated carbocycles. The molecule has 102 valence electrons. The molecule has 0 unspecified atom stereocenters. The number of anilines is 1. The van der Waals surface area contributed by atoms with Crippen LogP contribution in [0.5, 0.6) is 0 Å². The minimum absolute atomic E-state index is 0.0147. The van der Waals surface area contributed by atoms with Crippen LogP contribution >= 0.6 is 0 Å². The largest absolute Gasteiger partial charge is 0.393 e. The van der Waals surface area contributed by atoms with Crippen molar-refractivity contribution in [2.24, 2.45) is 0 Å². The van der Waals surface area contributed by atoms with Crippen molar-refractivity contribution >= 4 is 5.69 Å². The van der Waals surface area contributed by atoms with Crippen LogP contribution < -0.4 is 17.0 Å². The number of nitrogens with zero attached hydrogens (tertiary/aromatic N) is 3. The molecule has 0 atom stereocenters. The number of benzene rings is 1. The molecule has 0 radical (unpaired) electrons. The van der Waals surface area contributed by atoms with Crippen molar-refractivity contribution in [3.05, 3.63) is 62.4 Å². The third-order valence-corrected chi connectivity index (χ3v) is 3.07. The normalized spacial score (nSPS) is 10.2. The summed E-state index contributed by atoms with van der Waals surface area (Å²) >= 11 is 0. The fraction of sp³-hybridized carbons (Fsp3) is 0.214. The van der Waals surface area contributed by atoms with Gasteiger partial charge >= 0.3 is 5.69 Å². The van der Waals surface area contributed by atoms with E-state index in [1.807, 2.05) is 6.07 Å². The van der Waals surface area contributed by atoms with Crippen molar-refractivity contribution in [3.63, 3.8) is 0 Å². The molecule has 0 amide bonds. The van der Waals surface area contributed by atoms with Crippen LogP contribution in [0.3, 0.4) is 0 Å². The Morgan fingerprint density at radius 1 is 1.30 bits per heavy atom. The average molecular weight is 270 g/mol. The summed E-state index contributed by atoms with van der Waals surface area (Å²) in [6.45, 7) is 2.24. The molecule has 0 aliphatic rings. The lowest BCUT2D eigenvalue weighted by atomic mass is 10.1. The zero-order valence-electron chi connectivity index (χ0n) is 11.0. The molecule has 6 nitrogen and oxygen atoms in total. The van der Waals surface area contributed by atoms with Gasteiger partial charge in [0.15, 0.2) is 0 Å². The second-order valence-corrected chi connectivity index (χ2v) is 4.31. The van der Waals surface area contributed by atoms with Crippen molar-refractivity contribution in [3.8, 4) is 6.07 Å². The lowest BCUT2D eigenvalue weighted by Gasteiger charge is -2.10. The zero-order valence-corrected chi connectivity index (χ0v) is 11.0. The number of hydrogen-bond acceptors (Lipinski definition) is 4. The fourth-order valence-electron chi connectivity index (χ4n) is 1.98. The predicted octanol–water partition coefficient (Wildman–Crippen LogP) is 0.532. The molecule has 6 heteroatoms. The number of nitrogen functional groups attached to an aromatic ring is 1. The van der Waals surface area contributed by atoms with Gasteiger partial charge in [-0.3, -0.25) is 13.9 Å². The smallest absolute Gasteiger partial charge is 0.331 e. The Balaban J connectivity index is 2.60. The van der Waals surface area contributed by atoms with Crippen LogP contribution in [0.25, 0.3) is 0 Å². The van der Waals surface area contributed by atoms with Gasteiger partial charge in [0.1, 0.15) is 5.69 Å². The summed E-state index contributed by atoms with van der Waals surface area (Å²) < 4.78 is 2.42. The molecule has 0 spiro atoms. The van der Waals surface area contributed by atoms with Gasteiger partial charge in [0.2, 0.25) is 0 Å². The van der Waals surface area contributed by atoms with E-state index in [2.05, 4.69) is 0 Å². The molecular formula is C14H14N4O2. The molecule has 0 aliphatic carbocycles. The van der Waals surface area contributed by atoms with Crippen molar-refractivity contribution in [1.29, 1.82) is 5.26 Å². The number of nitriles is 1. The summed E-state index contributed by atoms with van der Waals surface area (Å²) in [5.74, 6) is 0. The number of rotatable bonds is 3. The molecule has 1 aromatic heterocycles. The summed E-state index contributed by atoms with van der Waals surface area (Å²) in [5.41, 5.74) is 5.73. The lowest BCUT2D eigenvalue weighted by molar-refractivity contribution is 0.603. The summed E-state index contributed by atoms with van der Waals surface area (Å²) in [5, 5.41) is 9.04. The molecule has 0 fully saturated rings. The first-order valence-corrected chi connectivity index (χ1v) is 6.16. The molecule has 2 N–H and O–H groups in total. The van der Waals surface area contributed by atoms with Crippen LogP contribution in [0.4, 0.5) is 5.69 Å². The highest BCUT2D eigenvalue weighted by Crippen LogP contribution is 2.07. The van der Waals surface area contributed by atoms with E-state index in [9.17, 15) is 9.59 Å². The first-order chi connectivity index (χ1) is 9.58. The third kappa shape index (κ3) is 2.34. The van der Waals surface area contributed by atoms with E-state index in [4.69, 9.17) is 11.0 Å². The monoisotopic (exact) mass is 270 g/mol. The molecule has 2 aromatic rings. The molecule has 0 saturated heterocycles. The average Bonchev–Trinajstić information content (AvgIpc) is 2.47. The van der Waals surface area contributed by atoms with Gasteiger partial charge in [0, 0.05) is 12.7 Å². The van der Waals surface area contributed by atoms with Gasteiger partial charge in [-0.25, -0.2) is 4.79 Å². The lowest BCUT2D eigenvalue weighted by Crippen LogP contribution is -2.40. The number of aryl methyl sites for hydroxylation is 1. The maximum atomic E-state index is 12.2. The molecule has 20 heavy (non-hydrogen) atoms. The van der Waals surface area contributed by atoms with E-state index in [-0.39, 0.29) is 12.2 Å². The van der Waals surface area contributed by atoms with Crippen LogP contribution in [0, 0.1) is 11.3 Å². The molecule has 2 rings (SSSR count). The number of aromatic nitrogens is 2. The van der Waals surface area contributed by atoms with Crippen molar-refractivity contribution in [1.82, 2.24) is 9.13 Å². The second kappa shape index (κ2) is 5.45. The highest BCUT2D eigenvalue weighted by molar-refractivity contribution is 5.38. The van der Waals surface area contributed by atoms with Crippen LogP contribution in [-0.4, -0.2) is 9.13 Å². The number of hydrogen-bond donors (Lipinski definition) is 1. The highest BCUT2D eigenvalue weighted by atomic mass is 16.2. The van der Waals surface area contributed by atoms with Crippen molar-refractivity contribution in [2.75, 3.05) is 5.73 Å². The molecule has 1 aromatic carbocycles.